The van der Waals surface area contributed by atoms with Gasteiger partial charge in [-0.3, -0.25) is 9.09 Å². The summed E-state index contributed by atoms with van der Waals surface area (Å²) in [6.45, 7) is 5.69. The van der Waals surface area contributed by atoms with Crippen molar-refractivity contribution in [3.05, 3.63) is 36.7 Å². The molecule has 2 aromatic heterocycles. The van der Waals surface area contributed by atoms with Gasteiger partial charge >= 0.3 is 7.75 Å². The first kappa shape index (κ1) is 31.5. The van der Waals surface area contributed by atoms with Crippen molar-refractivity contribution >= 4 is 30.7 Å². The van der Waals surface area contributed by atoms with E-state index in [2.05, 4.69) is 20.0 Å². The van der Waals surface area contributed by atoms with Crippen LogP contribution in [0, 0.1) is 0 Å². The molecule has 1 saturated carbocycles. The van der Waals surface area contributed by atoms with Crippen LogP contribution in [0.15, 0.2) is 36.7 Å². The van der Waals surface area contributed by atoms with Gasteiger partial charge in [0, 0.05) is 13.1 Å². The molecule has 2 fully saturated rings. The summed E-state index contributed by atoms with van der Waals surface area (Å²) in [5.41, 5.74) is 4.32. The van der Waals surface area contributed by atoms with Crippen LogP contribution < -0.4 is 20.2 Å². The average molecular weight is 624 g/mol. The van der Waals surface area contributed by atoms with E-state index in [9.17, 15) is 14.8 Å². The molecular weight excluding hydrogens is 584 g/mol. The Labute approximate surface area is 248 Å². The zero-order chi connectivity index (χ0) is 31.1. The van der Waals surface area contributed by atoms with E-state index in [0.29, 0.717) is 17.4 Å². The van der Waals surface area contributed by atoms with Gasteiger partial charge in [0.25, 0.3) is 0 Å². The minimum absolute atomic E-state index is 0.0152. The number of nitrogens with two attached hydrogens (primary N) is 1. The zero-order valence-electron chi connectivity index (χ0n) is 24.7. The molecule has 1 aromatic carbocycles. The second kappa shape index (κ2) is 12.2. The van der Waals surface area contributed by atoms with Crippen LogP contribution in [0.1, 0.15) is 46.8 Å². The number of rotatable bonds is 13. The Bertz CT molecular complexity index is 1460. The fourth-order valence-electron chi connectivity index (χ4n) is 4.91. The van der Waals surface area contributed by atoms with Gasteiger partial charge in [-0.1, -0.05) is 18.2 Å². The fraction of sp³-hybridized carbons (Fsp3) is 0.593. The van der Waals surface area contributed by atoms with Gasteiger partial charge in [0.2, 0.25) is 5.95 Å². The minimum atomic E-state index is -4.23. The number of benzene rings is 1. The Kier molecular flexibility index (Phi) is 8.96. The lowest BCUT2D eigenvalue weighted by Gasteiger charge is -2.28. The second-order valence-corrected chi connectivity index (χ2v) is 13.1. The predicted molar refractivity (Wildman–Crippen MR) is 156 cm³/mol. The van der Waals surface area contributed by atoms with Gasteiger partial charge in [0.05, 0.1) is 25.1 Å². The maximum atomic E-state index is 16.2. The number of imidazole rings is 1. The molecule has 1 aliphatic heterocycles. The topological polar surface area (TPSA) is 179 Å². The van der Waals surface area contributed by atoms with Crippen LogP contribution in [0.5, 0.6) is 5.75 Å². The first-order chi connectivity index (χ1) is 20.3. The van der Waals surface area contributed by atoms with E-state index in [4.69, 9.17) is 24.3 Å². The Morgan fingerprint density at radius 1 is 1.28 bits per heavy atom. The number of para-hydroxylation sites is 1. The molecule has 5 rings (SSSR count). The van der Waals surface area contributed by atoms with Crippen LogP contribution in [-0.4, -0.2) is 85.7 Å². The van der Waals surface area contributed by atoms with Gasteiger partial charge in [0.15, 0.2) is 35.2 Å². The van der Waals surface area contributed by atoms with E-state index in [1.54, 1.807) is 51.1 Å². The number of aliphatic hydroxyl groups is 2. The van der Waals surface area contributed by atoms with E-state index in [0.717, 1.165) is 12.8 Å². The highest BCUT2D eigenvalue weighted by atomic mass is 31.2. The number of hydrogen-bond donors (Lipinski definition) is 4. The Balaban J connectivity index is 1.37. The van der Waals surface area contributed by atoms with Gasteiger partial charge < -0.3 is 34.8 Å². The number of ether oxygens (including phenoxy) is 2. The normalized spacial score (nSPS) is 26.9. The van der Waals surface area contributed by atoms with Crippen LogP contribution in [0.25, 0.3) is 11.2 Å². The Morgan fingerprint density at radius 3 is 2.63 bits per heavy atom. The number of halogens is 1. The average Bonchev–Trinajstić information content (AvgIpc) is 3.67. The first-order valence-electron chi connectivity index (χ1n) is 14.1. The van der Waals surface area contributed by atoms with Crippen molar-refractivity contribution in [3.8, 4) is 5.75 Å². The predicted octanol–water partition coefficient (Wildman–Crippen LogP) is 2.92. The number of nitrogens with one attached hydrogen (secondary N) is 1. The van der Waals surface area contributed by atoms with Crippen molar-refractivity contribution in [1.82, 2.24) is 24.6 Å². The molecular formula is C27H39FN7O7P. The maximum Gasteiger partial charge on any atom is 0.459 e. The zero-order valence-corrected chi connectivity index (χ0v) is 25.6. The summed E-state index contributed by atoms with van der Waals surface area (Å²) in [6, 6.07) is 7.69. The molecule has 1 saturated heterocycles. The number of aromatic nitrogens is 4. The summed E-state index contributed by atoms with van der Waals surface area (Å²) in [7, 11) is -2.34. The largest absolute Gasteiger partial charge is 0.459 e. The highest BCUT2D eigenvalue weighted by Gasteiger charge is 2.56. The van der Waals surface area contributed by atoms with Crippen molar-refractivity contribution < 1.29 is 37.7 Å². The molecule has 5 N–H and O–H groups in total. The molecule has 1 aliphatic carbocycles. The summed E-state index contributed by atoms with van der Waals surface area (Å²) in [5, 5.41) is 24.0. The van der Waals surface area contributed by atoms with Crippen molar-refractivity contribution in [2.75, 3.05) is 24.3 Å². The van der Waals surface area contributed by atoms with Crippen LogP contribution >= 0.6 is 7.75 Å². The van der Waals surface area contributed by atoms with Gasteiger partial charge in [-0.15, -0.1) is 0 Å². The van der Waals surface area contributed by atoms with E-state index >= 15 is 4.39 Å². The molecule has 7 atom stereocenters. The number of anilines is 2. The van der Waals surface area contributed by atoms with Gasteiger partial charge in [-0.25, -0.2) is 19.0 Å². The molecule has 0 spiro atoms. The molecule has 2 unspecified atom stereocenters. The highest BCUT2D eigenvalue weighted by Crippen LogP contribution is 2.48. The van der Waals surface area contributed by atoms with Gasteiger partial charge in [0.1, 0.15) is 18.0 Å². The third kappa shape index (κ3) is 6.78. The molecule has 3 aromatic rings. The minimum Gasteiger partial charge on any atom is -0.413 e. The van der Waals surface area contributed by atoms with E-state index in [1.165, 1.54) is 17.8 Å². The quantitative estimate of drug-likeness (QED) is 0.161. The number of fused-ring (bicyclic) bond motifs is 1. The number of nitrogens with zero attached hydrogens (tertiary/aromatic N) is 5. The molecule has 0 bridgehead atoms. The fourth-order valence-corrected chi connectivity index (χ4v) is 6.46. The third-order valence-electron chi connectivity index (χ3n) is 7.40. The Morgan fingerprint density at radius 2 is 1.98 bits per heavy atom. The smallest absolute Gasteiger partial charge is 0.413 e. The van der Waals surface area contributed by atoms with Crippen molar-refractivity contribution in [2.45, 2.75) is 89.1 Å². The summed E-state index contributed by atoms with van der Waals surface area (Å²) in [4.78, 5) is 15.0. The van der Waals surface area contributed by atoms with Crippen LogP contribution in [0.3, 0.4) is 0 Å². The van der Waals surface area contributed by atoms with E-state index in [-0.39, 0.29) is 23.4 Å². The van der Waals surface area contributed by atoms with Crippen LogP contribution in [0.4, 0.5) is 16.2 Å². The monoisotopic (exact) mass is 623 g/mol. The second-order valence-electron chi connectivity index (χ2n) is 11.4. The molecule has 2 aliphatic rings. The number of hydrogen-bond acceptors (Lipinski definition) is 12. The lowest BCUT2D eigenvalue weighted by Crippen LogP contribution is -2.42. The van der Waals surface area contributed by atoms with Gasteiger partial charge in [-0.2, -0.15) is 9.97 Å². The third-order valence-corrected chi connectivity index (χ3v) is 9.06. The standard InChI is InChI=1S/C27H39FN7O7P/c1-15(2)40-24(37)16(3)33-43(38,42-18-9-7-6-8-10-18)39-13-19-21(36)27(4,28)25(41-19)35-14-30-20-22(34(5)17-11-12-17)31-26(29)32-23(20)35/h6-10,14-17,19,21,24-25,36-37H,11-13H2,1-5H3,(H,33,38)(H2,29,31,32)/t16-,19+,21+,24?,25+,27+,43?/m0/s1. The summed E-state index contributed by atoms with van der Waals surface area (Å²) >= 11 is 0. The molecule has 236 valence electrons. The molecule has 0 amide bonds. The molecule has 0 radical (unpaired) electrons. The molecule has 43 heavy (non-hydrogen) atoms. The number of nitrogen functional groups attached to an aromatic ring is 1. The molecule has 3 heterocycles. The Hall–Kier alpha value is -2.91. The highest BCUT2D eigenvalue weighted by molar-refractivity contribution is 7.52. The lowest BCUT2D eigenvalue weighted by atomic mass is 9.98. The molecule has 16 heteroatoms. The van der Waals surface area contributed by atoms with Gasteiger partial charge in [-0.05, 0) is 52.7 Å². The maximum absolute atomic E-state index is 16.2. The van der Waals surface area contributed by atoms with Crippen molar-refractivity contribution in [3.63, 3.8) is 0 Å². The summed E-state index contributed by atoms with van der Waals surface area (Å²) in [5.74, 6) is 0.726. The van der Waals surface area contributed by atoms with E-state index in [1.807, 2.05) is 11.9 Å². The lowest BCUT2D eigenvalue weighted by molar-refractivity contribution is -0.138. The number of alkyl halides is 1. The van der Waals surface area contributed by atoms with Crippen LogP contribution in [0.2, 0.25) is 0 Å². The summed E-state index contributed by atoms with van der Waals surface area (Å²) in [6.07, 6.45) is -2.59. The molecule has 14 nitrogen and oxygen atoms in total. The summed E-state index contributed by atoms with van der Waals surface area (Å²) < 4.78 is 54.2. The van der Waals surface area contributed by atoms with Crippen LogP contribution in [-0.2, 0) is 18.6 Å². The number of aliphatic hydroxyl groups excluding tert-OH is 2. The first-order valence-corrected chi connectivity index (χ1v) is 15.7. The van der Waals surface area contributed by atoms with E-state index < -0.39 is 50.8 Å². The van der Waals surface area contributed by atoms with Crippen molar-refractivity contribution in [1.29, 1.82) is 0 Å². The SMILES string of the molecule is CC(C)OC(O)[C@H](C)NP(=O)(OC[C@H]1O[C@@H](n2cnc3c(N(C)C4CC4)nc(N)nc32)[C@](C)(F)[C@@H]1O)Oc1ccccc1. The van der Waals surface area contributed by atoms with Crippen molar-refractivity contribution in [2.24, 2.45) is 0 Å².